The van der Waals surface area contributed by atoms with E-state index in [0.29, 0.717) is 5.82 Å². The average Bonchev–Trinajstić information content (AvgIpc) is 3.80. The molecule has 0 fully saturated rings. The summed E-state index contributed by atoms with van der Waals surface area (Å²) in [7, 11) is 0. The second-order valence-electron chi connectivity index (χ2n) is 14.2. The summed E-state index contributed by atoms with van der Waals surface area (Å²) in [4.78, 5) is 10.2. The van der Waals surface area contributed by atoms with Crippen molar-refractivity contribution < 1.29 is 0 Å². The van der Waals surface area contributed by atoms with E-state index in [-0.39, 0.29) is 0 Å². The molecule has 4 heteroatoms. The van der Waals surface area contributed by atoms with Crippen LogP contribution >= 0.6 is 0 Å². The molecule has 0 atom stereocenters. The number of hydrogen-bond acceptors (Lipinski definition) is 2. The van der Waals surface area contributed by atoms with E-state index in [2.05, 4.69) is 203 Å². The van der Waals surface area contributed by atoms with Crippen molar-refractivity contribution in [2.45, 2.75) is 0 Å². The summed E-state index contributed by atoms with van der Waals surface area (Å²) in [5, 5.41) is 4.90. The van der Waals surface area contributed by atoms with E-state index in [1.807, 2.05) is 12.1 Å². The maximum atomic E-state index is 5.11. The first-order chi connectivity index (χ1) is 27.8. The van der Waals surface area contributed by atoms with Gasteiger partial charge in [0.1, 0.15) is 0 Å². The Hall–Kier alpha value is -7.56. The van der Waals surface area contributed by atoms with Gasteiger partial charge in [0.25, 0.3) is 0 Å². The number of para-hydroxylation sites is 3. The molecule has 0 amide bonds. The minimum absolute atomic E-state index is 0.696. The molecule has 11 aromatic rings. The van der Waals surface area contributed by atoms with Crippen LogP contribution in [0.4, 0.5) is 0 Å². The van der Waals surface area contributed by atoms with Crippen LogP contribution in [0.1, 0.15) is 0 Å². The van der Waals surface area contributed by atoms with Gasteiger partial charge in [-0.1, -0.05) is 152 Å². The second-order valence-corrected chi connectivity index (χ2v) is 14.2. The monoisotopic (exact) mass is 714 g/mol. The van der Waals surface area contributed by atoms with Crippen molar-refractivity contribution in [3.63, 3.8) is 0 Å². The molecule has 8 aromatic carbocycles. The highest BCUT2D eigenvalue weighted by atomic mass is 15.0. The lowest BCUT2D eigenvalue weighted by atomic mass is 10.0. The third-order valence-corrected chi connectivity index (χ3v) is 10.9. The average molecular weight is 715 g/mol. The van der Waals surface area contributed by atoms with E-state index >= 15 is 0 Å². The number of hydrogen-bond donors (Lipinski definition) is 0. The minimum Gasteiger partial charge on any atom is -0.309 e. The van der Waals surface area contributed by atoms with Crippen LogP contribution in [0.15, 0.2) is 206 Å². The third-order valence-electron chi connectivity index (χ3n) is 10.9. The lowest BCUT2D eigenvalue weighted by Crippen LogP contribution is -1.98. The summed E-state index contributed by atoms with van der Waals surface area (Å²) in [5.74, 6) is 0.696. The molecule has 0 aliphatic rings. The summed E-state index contributed by atoms with van der Waals surface area (Å²) >= 11 is 0. The van der Waals surface area contributed by atoms with E-state index in [4.69, 9.17) is 9.97 Å². The van der Waals surface area contributed by atoms with Gasteiger partial charge in [-0.25, -0.2) is 9.97 Å². The molecule has 0 saturated heterocycles. The molecule has 4 nitrogen and oxygen atoms in total. The number of fused-ring (bicyclic) bond motifs is 7. The van der Waals surface area contributed by atoms with E-state index in [1.54, 1.807) is 0 Å². The lowest BCUT2D eigenvalue weighted by Gasteiger charge is -2.14. The van der Waals surface area contributed by atoms with Crippen molar-refractivity contribution in [2.75, 3.05) is 0 Å². The van der Waals surface area contributed by atoms with Crippen LogP contribution in [-0.4, -0.2) is 19.1 Å². The first-order valence-electron chi connectivity index (χ1n) is 19.0. The quantitative estimate of drug-likeness (QED) is 0.172. The Balaban J connectivity index is 1.13. The lowest BCUT2D eigenvalue weighted by molar-refractivity contribution is 1.16. The molecule has 0 N–H and O–H groups in total. The fourth-order valence-corrected chi connectivity index (χ4v) is 8.42. The highest BCUT2D eigenvalue weighted by molar-refractivity contribution is 6.26. The Morgan fingerprint density at radius 1 is 0.339 bits per heavy atom. The number of aromatic nitrogens is 4. The number of benzene rings is 8. The summed E-state index contributed by atoms with van der Waals surface area (Å²) in [5.41, 5.74) is 14.2. The molecule has 11 rings (SSSR count). The summed E-state index contributed by atoms with van der Waals surface area (Å²) < 4.78 is 4.88. The molecule has 0 saturated carbocycles. The van der Waals surface area contributed by atoms with Gasteiger partial charge in [-0.3, -0.25) is 0 Å². The predicted octanol–water partition coefficient (Wildman–Crippen LogP) is 13.3. The van der Waals surface area contributed by atoms with Crippen LogP contribution in [0.2, 0.25) is 0 Å². The van der Waals surface area contributed by atoms with Gasteiger partial charge >= 0.3 is 0 Å². The zero-order valence-corrected chi connectivity index (χ0v) is 30.4. The van der Waals surface area contributed by atoms with Gasteiger partial charge in [-0.15, -0.1) is 0 Å². The zero-order chi connectivity index (χ0) is 37.0. The van der Waals surface area contributed by atoms with Crippen molar-refractivity contribution in [2.24, 2.45) is 0 Å². The Morgan fingerprint density at radius 2 is 0.875 bits per heavy atom. The molecule has 262 valence electrons. The molecule has 0 radical (unpaired) electrons. The van der Waals surface area contributed by atoms with Gasteiger partial charge in [-0.05, 0) is 60.2 Å². The van der Waals surface area contributed by atoms with Crippen LogP contribution in [0.25, 0.3) is 100 Å². The minimum atomic E-state index is 0.696. The van der Waals surface area contributed by atoms with Gasteiger partial charge in [-0.2, -0.15) is 0 Å². The molecular weight excluding hydrogens is 681 g/mol. The smallest absolute Gasteiger partial charge is 0.160 e. The summed E-state index contributed by atoms with van der Waals surface area (Å²) in [6.45, 7) is 0. The number of rotatable bonds is 6. The molecule has 3 heterocycles. The first-order valence-corrected chi connectivity index (χ1v) is 19.0. The van der Waals surface area contributed by atoms with Crippen molar-refractivity contribution >= 4 is 43.6 Å². The highest BCUT2D eigenvalue weighted by Crippen LogP contribution is 2.43. The topological polar surface area (TPSA) is 35.6 Å². The van der Waals surface area contributed by atoms with Crippen LogP contribution in [0, 0.1) is 0 Å². The van der Waals surface area contributed by atoms with E-state index in [1.165, 1.54) is 49.2 Å². The Kier molecular flexibility index (Phi) is 7.46. The largest absolute Gasteiger partial charge is 0.309 e. The highest BCUT2D eigenvalue weighted by Gasteiger charge is 2.22. The zero-order valence-electron chi connectivity index (χ0n) is 30.4. The van der Waals surface area contributed by atoms with Gasteiger partial charge < -0.3 is 9.13 Å². The molecule has 0 aliphatic carbocycles. The van der Waals surface area contributed by atoms with Crippen molar-refractivity contribution in [1.82, 2.24) is 19.1 Å². The van der Waals surface area contributed by atoms with Crippen molar-refractivity contribution in [3.8, 4) is 56.4 Å². The maximum Gasteiger partial charge on any atom is 0.160 e. The van der Waals surface area contributed by atoms with E-state index in [0.717, 1.165) is 45.0 Å². The van der Waals surface area contributed by atoms with Gasteiger partial charge in [0, 0.05) is 49.5 Å². The molecule has 0 bridgehead atoms. The standard InChI is InChI=1S/C52H34N4/c1-4-16-35(17-5-1)40-22-10-13-25-46(40)56-48-27-15-12-24-43(48)50-49(56)33-32-42-41-23-11-14-26-47(41)55(51(42)50)39-30-28-38(29-31-39)52-53-44(36-18-6-2-7-19-36)34-45(54-52)37-20-8-3-9-21-37/h1-34H. The molecule has 0 aliphatic heterocycles. The van der Waals surface area contributed by atoms with Gasteiger partial charge in [0.15, 0.2) is 5.82 Å². The molecule has 0 unspecified atom stereocenters. The fraction of sp³-hybridized carbons (Fsp3) is 0. The Bertz CT molecular complexity index is 3160. The summed E-state index contributed by atoms with van der Waals surface area (Å²) in [6.07, 6.45) is 0. The first kappa shape index (κ1) is 31.9. The summed E-state index contributed by atoms with van der Waals surface area (Å²) in [6, 6.07) is 73.1. The van der Waals surface area contributed by atoms with E-state index < -0.39 is 0 Å². The SMILES string of the molecule is c1ccc(-c2cc(-c3ccccc3)nc(-c3ccc(-n4c5ccccc5c5ccc6c(c7ccccc7n6-c6ccccc6-c6ccccc6)c54)cc3)n2)cc1. The van der Waals surface area contributed by atoms with Crippen LogP contribution in [0.5, 0.6) is 0 Å². The Labute approximate surface area is 324 Å². The third kappa shape index (κ3) is 5.15. The molecule has 56 heavy (non-hydrogen) atoms. The van der Waals surface area contributed by atoms with Crippen LogP contribution in [-0.2, 0) is 0 Å². The number of nitrogens with zero attached hydrogens (tertiary/aromatic N) is 4. The van der Waals surface area contributed by atoms with Crippen LogP contribution in [0.3, 0.4) is 0 Å². The van der Waals surface area contributed by atoms with Gasteiger partial charge in [0.2, 0.25) is 0 Å². The predicted molar refractivity (Wildman–Crippen MR) is 232 cm³/mol. The second kappa shape index (κ2) is 13.1. The normalized spacial score (nSPS) is 11.6. The van der Waals surface area contributed by atoms with Crippen LogP contribution < -0.4 is 0 Å². The molecule has 3 aromatic heterocycles. The van der Waals surface area contributed by atoms with Gasteiger partial charge in [0.05, 0.1) is 39.1 Å². The molecule has 0 spiro atoms. The Morgan fingerprint density at radius 3 is 1.54 bits per heavy atom. The van der Waals surface area contributed by atoms with E-state index in [9.17, 15) is 0 Å². The van der Waals surface area contributed by atoms with Crippen molar-refractivity contribution in [1.29, 1.82) is 0 Å². The molecular formula is C52H34N4. The fourth-order valence-electron chi connectivity index (χ4n) is 8.42. The maximum absolute atomic E-state index is 5.11. The van der Waals surface area contributed by atoms with Crippen molar-refractivity contribution in [3.05, 3.63) is 206 Å².